The Morgan fingerprint density at radius 2 is 2.29 bits per heavy atom. The van der Waals surface area contributed by atoms with Crippen molar-refractivity contribution in [2.45, 2.75) is 45.6 Å². The van der Waals surface area contributed by atoms with E-state index < -0.39 is 0 Å². The van der Waals surface area contributed by atoms with Crippen LogP contribution < -0.4 is 10.6 Å². The summed E-state index contributed by atoms with van der Waals surface area (Å²) in [7, 11) is 0. The molecule has 0 unspecified atom stereocenters. The molecule has 4 nitrogen and oxygen atoms in total. The SMILES string of the molecule is CC(C)OCCCCNC(=O)[C@H]1CCCNC1. The molecule has 0 aliphatic carbocycles. The molecule has 0 aromatic heterocycles. The molecule has 4 heteroatoms. The van der Waals surface area contributed by atoms with E-state index in [4.69, 9.17) is 4.74 Å². The quantitative estimate of drug-likeness (QED) is 0.662. The molecule has 0 aromatic rings. The molecule has 1 heterocycles. The average molecular weight is 242 g/mol. The van der Waals surface area contributed by atoms with E-state index in [0.717, 1.165) is 51.9 Å². The van der Waals surface area contributed by atoms with Crippen LogP contribution in [0.25, 0.3) is 0 Å². The highest BCUT2D eigenvalue weighted by Gasteiger charge is 2.19. The monoisotopic (exact) mass is 242 g/mol. The van der Waals surface area contributed by atoms with Crippen molar-refractivity contribution in [3.63, 3.8) is 0 Å². The molecule has 1 fully saturated rings. The number of unbranched alkanes of at least 4 members (excludes halogenated alkanes) is 1. The van der Waals surface area contributed by atoms with Gasteiger partial charge in [-0.05, 0) is 46.1 Å². The summed E-state index contributed by atoms with van der Waals surface area (Å²) in [6.45, 7) is 7.53. The van der Waals surface area contributed by atoms with Gasteiger partial charge in [-0.2, -0.15) is 0 Å². The van der Waals surface area contributed by atoms with Crippen molar-refractivity contribution in [1.82, 2.24) is 10.6 Å². The third kappa shape index (κ3) is 6.64. The van der Waals surface area contributed by atoms with Crippen LogP contribution in [0.4, 0.5) is 0 Å². The first-order chi connectivity index (χ1) is 8.20. The van der Waals surface area contributed by atoms with E-state index in [-0.39, 0.29) is 11.8 Å². The van der Waals surface area contributed by atoms with E-state index in [0.29, 0.717) is 6.10 Å². The van der Waals surface area contributed by atoms with E-state index in [1.54, 1.807) is 0 Å². The van der Waals surface area contributed by atoms with Crippen LogP contribution in [0.1, 0.15) is 39.5 Å². The van der Waals surface area contributed by atoms with E-state index in [2.05, 4.69) is 10.6 Å². The van der Waals surface area contributed by atoms with Gasteiger partial charge in [-0.3, -0.25) is 4.79 Å². The summed E-state index contributed by atoms with van der Waals surface area (Å²) in [5.41, 5.74) is 0. The summed E-state index contributed by atoms with van der Waals surface area (Å²) in [6, 6.07) is 0. The summed E-state index contributed by atoms with van der Waals surface area (Å²) in [6.07, 6.45) is 4.45. The number of carbonyl (C=O) groups is 1. The second-order valence-corrected chi connectivity index (χ2v) is 4.96. The summed E-state index contributed by atoms with van der Waals surface area (Å²) in [5.74, 6) is 0.387. The second kappa shape index (κ2) is 8.48. The Morgan fingerprint density at radius 3 is 2.94 bits per heavy atom. The molecule has 1 aliphatic rings. The van der Waals surface area contributed by atoms with Crippen LogP contribution in [-0.4, -0.2) is 38.3 Å². The summed E-state index contributed by atoms with van der Waals surface area (Å²) in [4.78, 5) is 11.8. The number of piperidine rings is 1. The zero-order chi connectivity index (χ0) is 12.5. The minimum absolute atomic E-state index is 0.177. The van der Waals surface area contributed by atoms with Crippen LogP contribution in [-0.2, 0) is 9.53 Å². The predicted octanol–water partition coefficient (Wildman–Crippen LogP) is 1.31. The number of amides is 1. The molecule has 1 atom stereocenters. The molecule has 100 valence electrons. The first-order valence-electron chi connectivity index (χ1n) is 6.80. The molecule has 0 aromatic carbocycles. The fourth-order valence-electron chi connectivity index (χ4n) is 1.98. The molecule has 1 saturated heterocycles. The number of nitrogens with one attached hydrogen (secondary N) is 2. The Labute approximate surface area is 104 Å². The highest BCUT2D eigenvalue weighted by Crippen LogP contribution is 2.09. The smallest absolute Gasteiger partial charge is 0.224 e. The van der Waals surface area contributed by atoms with Gasteiger partial charge in [-0.25, -0.2) is 0 Å². The van der Waals surface area contributed by atoms with Crippen LogP contribution in [0.2, 0.25) is 0 Å². The molecule has 1 aliphatic heterocycles. The molecule has 0 saturated carbocycles. The normalized spacial score (nSPS) is 20.5. The van der Waals surface area contributed by atoms with Gasteiger partial charge in [-0.1, -0.05) is 0 Å². The molecule has 1 rings (SSSR count). The number of ether oxygens (including phenoxy) is 1. The lowest BCUT2D eigenvalue weighted by Crippen LogP contribution is -2.40. The standard InChI is InChI=1S/C13H26N2O2/c1-11(2)17-9-4-3-8-15-13(16)12-6-5-7-14-10-12/h11-12,14H,3-10H2,1-2H3,(H,15,16)/t12-/m0/s1. The molecule has 0 radical (unpaired) electrons. The van der Waals surface area contributed by atoms with E-state index >= 15 is 0 Å². The maximum Gasteiger partial charge on any atom is 0.224 e. The van der Waals surface area contributed by atoms with Gasteiger partial charge in [0, 0.05) is 19.7 Å². The number of hydrogen-bond donors (Lipinski definition) is 2. The van der Waals surface area contributed by atoms with Crippen molar-refractivity contribution in [3.8, 4) is 0 Å². The minimum Gasteiger partial charge on any atom is -0.379 e. The van der Waals surface area contributed by atoms with Crippen LogP contribution in [0.15, 0.2) is 0 Å². The Balaban J connectivity index is 1.96. The first kappa shape index (κ1) is 14.5. The lowest BCUT2D eigenvalue weighted by atomic mass is 9.99. The third-order valence-corrected chi connectivity index (χ3v) is 2.99. The third-order valence-electron chi connectivity index (χ3n) is 2.99. The van der Waals surface area contributed by atoms with Crippen molar-refractivity contribution in [3.05, 3.63) is 0 Å². The number of rotatable bonds is 7. The zero-order valence-corrected chi connectivity index (χ0v) is 11.1. The molecular weight excluding hydrogens is 216 g/mol. The summed E-state index contributed by atoms with van der Waals surface area (Å²) in [5, 5.41) is 6.26. The van der Waals surface area contributed by atoms with Gasteiger partial charge in [0.25, 0.3) is 0 Å². The molecular formula is C13H26N2O2. The van der Waals surface area contributed by atoms with E-state index in [1.165, 1.54) is 0 Å². The van der Waals surface area contributed by atoms with Crippen LogP contribution in [0.5, 0.6) is 0 Å². The molecule has 1 amide bonds. The first-order valence-corrected chi connectivity index (χ1v) is 6.80. The lowest BCUT2D eigenvalue weighted by Gasteiger charge is -2.21. The fourth-order valence-corrected chi connectivity index (χ4v) is 1.98. The van der Waals surface area contributed by atoms with Gasteiger partial charge < -0.3 is 15.4 Å². The van der Waals surface area contributed by atoms with Crippen molar-refractivity contribution in [2.24, 2.45) is 5.92 Å². The van der Waals surface area contributed by atoms with Gasteiger partial charge in [0.05, 0.1) is 12.0 Å². The van der Waals surface area contributed by atoms with Crippen molar-refractivity contribution in [1.29, 1.82) is 0 Å². The lowest BCUT2D eigenvalue weighted by molar-refractivity contribution is -0.125. The van der Waals surface area contributed by atoms with E-state index in [9.17, 15) is 4.79 Å². The Morgan fingerprint density at radius 1 is 1.47 bits per heavy atom. The highest BCUT2D eigenvalue weighted by atomic mass is 16.5. The molecule has 0 spiro atoms. The highest BCUT2D eigenvalue weighted by molar-refractivity contribution is 5.78. The van der Waals surface area contributed by atoms with Gasteiger partial charge >= 0.3 is 0 Å². The average Bonchev–Trinajstić information content (AvgIpc) is 2.34. The second-order valence-electron chi connectivity index (χ2n) is 4.96. The molecule has 17 heavy (non-hydrogen) atoms. The van der Waals surface area contributed by atoms with Gasteiger partial charge in [0.1, 0.15) is 0 Å². The predicted molar refractivity (Wildman–Crippen MR) is 68.9 cm³/mol. The maximum absolute atomic E-state index is 11.8. The van der Waals surface area contributed by atoms with Gasteiger partial charge in [-0.15, -0.1) is 0 Å². The van der Waals surface area contributed by atoms with E-state index in [1.807, 2.05) is 13.8 Å². The van der Waals surface area contributed by atoms with Crippen LogP contribution in [0.3, 0.4) is 0 Å². The molecule has 2 N–H and O–H groups in total. The Hall–Kier alpha value is -0.610. The number of carbonyl (C=O) groups excluding carboxylic acids is 1. The minimum atomic E-state index is 0.177. The van der Waals surface area contributed by atoms with Crippen molar-refractivity contribution in [2.75, 3.05) is 26.2 Å². The van der Waals surface area contributed by atoms with Crippen LogP contribution >= 0.6 is 0 Å². The van der Waals surface area contributed by atoms with Crippen LogP contribution in [0, 0.1) is 5.92 Å². The molecule has 0 bridgehead atoms. The van der Waals surface area contributed by atoms with Crippen molar-refractivity contribution < 1.29 is 9.53 Å². The Kier molecular flexibility index (Phi) is 7.21. The fraction of sp³-hybridized carbons (Fsp3) is 0.923. The summed E-state index contributed by atoms with van der Waals surface area (Å²) < 4.78 is 5.44. The topological polar surface area (TPSA) is 50.4 Å². The van der Waals surface area contributed by atoms with Gasteiger partial charge in [0.2, 0.25) is 5.91 Å². The summed E-state index contributed by atoms with van der Waals surface area (Å²) >= 11 is 0. The maximum atomic E-state index is 11.8. The largest absolute Gasteiger partial charge is 0.379 e. The van der Waals surface area contributed by atoms with Crippen molar-refractivity contribution >= 4 is 5.91 Å². The Bertz CT molecular complexity index is 213. The van der Waals surface area contributed by atoms with Gasteiger partial charge in [0.15, 0.2) is 0 Å². The zero-order valence-electron chi connectivity index (χ0n) is 11.1. The number of hydrogen-bond acceptors (Lipinski definition) is 3.